The van der Waals surface area contributed by atoms with Crippen molar-refractivity contribution in [1.29, 1.82) is 0 Å². The molecule has 0 saturated carbocycles. The van der Waals surface area contributed by atoms with Crippen molar-refractivity contribution in [2.75, 3.05) is 6.79 Å². The summed E-state index contributed by atoms with van der Waals surface area (Å²) in [7, 11) is 0. The second-order valence-corrected chi connectivity index (χ2v) is 4.71. The molecule has 0 bridgehead atoms. The zero-order chi connectivity index (χ0) is 16.1. The van der Waals surface area contributed by atoms with E-state index in [2.05, 4.69) is 5.16 Å². The smallest absolute Gasteiger partial charge is 0.353 e. The first-order valence-electron chi connectivity index (χ1n) is 6.19. The Morgan fingerprint density at radius 2 is 1.91 bits per heavy atom. The van der Waals surface area contributed by atoms with E-state index in [1.165, 1.54) is 0 Å². The second kappa shape index (κ2) is 6.99. The van der Waals surface area contributed by atoms with E-state index in [0.717, 1.165) is 0 Å². The topological polar surface area (TPSA) is 115 Å². The first-order valence-corrected chi connectivity index (χ1v) is 6.57. The van der Waals surface area contributed by atoms with E-state index in [4.69, 9.17) is 36.1 Å². The van der Waals surface area contributed by atoms with Crippen LogP contribution in [-0.4, -0.2) is 34.7 Å². The van der Waals surface area contributed by atoms with E-state index < -0.39 is 11.9 Å². The fraction of sp³-hybridized carbons (Fsp3) is 0.308. The summed E-state index contributed by atoms with van der Waals surface area (Å²) in [6.45, 7) is 0.0196. The van der Waals surface area contributed by atoms with Gasteiger partial charge in [-0.2, -0.15) is 0 Å². The standard InChI is InChI=1S/C13H12ClNO7/c14-8-4-11-10(20-6-21-11)3-7(8)5-22-15-9(13(18)19)1-2-12(16)17/h3-4H,1-2,5-6H2,(H,16,17)(H,18,19). The molecule has 1 aromatic rings. The predicted molar refractivity (Wildman–Crippen MR) is 74.3 cm³/mol. The quantitative estimate of drug-likeness (QED) is 0.579. The number of carboxylic acids is 2. The largest absolute Gasteiger partial charge is 0.481 e. The van der Waals surface area contributed by atoms with Crippen molar-refractivity contribution >= 4 is 29.3 Å². The molecule has 0 radical (unpaired) electrons. The number of carbonyl (C=O) groups is 2. The van der Waals surface area contributed by atoms with Crippen molar-refractivity contribution in [3.8, 4) is 11.5 Å². The molecule has 1 aliphatic rings. The molecule has 0 atom stereocenters. The summed E-state index contributed by atoms with van der Waals surface area (Å²) in [4.78, 5) is 26.3. The van der Waals surface area contributed by atoms with Gasteiger partial charge >= 0.3 is 11.9 Å². The number of halogens is 1. The molecule has 0 spiro atoms. The molecule has 0 fully saturated rings. The van der Waals surface area contributed by atoms with Gasteiger partial charge in [0.05, 0.1) is 11.4 Å². The average molecular weight is 330 g/mol. The fourth-order valence-corrected chi connectivity index (χ4v) is 1.87. The number of carboxylic acid groups (broad SMARTS) is 2. The molecule has 118 valence electrons. The van der Waals surface area contributed by atoms with E-state index in [1.54, 1.807) is 12.1 Å². The van der Waals surface area contributed by atoms with Crippen LogP contribution in [0.4, 0.5) is 0 Å². The van der Waals surface area contributed by atoms with Crippen molar-refractivity contribution < 1.29 is 34.1 Å². The van der Waals surface area contributed by atoms with Gasteiger partial charge in [0.25, 0.3) is 0 Å². The van der Waals surface area contributed by atoms with Gasteiger partial charge in [-0.15, -0.1) is 0 Å². The molecule has 1 aliphatic heterocycles. The van der Waals surface area contributed by atoms with Gasteiger partial charge in [0.15, 0.2) is 17.2 Å². The highest BCUT2D eigenvalue weighted by Crippen LogP contribution is 2.36. The maximum absolute atomic E-state index is 10.9. The number of oxime groups is 1. The van der Waals surface area contributed by atoms with Gasteiger partial charge in [-0.3, -0.25) is 4.79 Å². The van der Waals surface area contributed by atoms with E-state index in [0.29, 0.717) is 22.1 Å². The highest BCUT2D eigenvalue weighted by Gasteiger charge is 2.17. The molecule has 2 N–H and O–H groups in total. The molecule has 2 rings (SSSR count). The molecule has 0 aromatic heterocycles. The summed E-state index contributed by atoms with van der Waals surface area (Å²) in [5, 5.41) is 21.3. The van der Waals surface area contributed by atoms with Crippen molar-refractivity contribution in [2.45, 2.75) is 19.4 Å². The summed E-state index contributed by atoms with van der Waals surface area (Å²) in [6, 6.07) is 3.17. The highest BCUT2D eigenvalue weighted by molar-refractivity contribution is 6.35. The first-order chi connectivity index (χ1) is 10.5. The van der Waals surface area contributed by atoms with Crippen LogP contribution in [0.2, 0.25) is 5.02 Å². The van der Waals surface area contributed by atoms with Crippen molar-refractivity contribution in [2.24, 2.45) is 5.16 Å². The highest BCUT2D eigenvalue weighted by atomic mass is 35.5. The summed E-state index contributed by atoms with van der Waals surface area (Å²) in [5.41, 5.74) is 0.164. The third kappa shape index (κ3) is 4.01. The van der Waals surface area contributed by atoms with Crippen LogP contribution in [0.15, 0.2) is 17.3 Å². The second-order valence-electron chi connectivity index (χ2n) is 4.31. The number of benzene rings is 1. The molecule has 8 nitrogen and oxygen atoms in total. The van der Waals surface area contributed by atoms with Crippen LogP contribution in [0.5, 0.6) is 11.5 Å². The minimum absolute atomic E-state index is 0.0840. The normalized spacial score (nSPS) is 13.0. The molecular formula is C13H12ClNO7. The van der Waals surface area contributed by atoms with Crippen molar-refractivity contribution in [3.63, 3.8) is 0 Å². The summed E-state index contributed by atoms with van der Waals surface area (Å²) in [6.07, 6.45) is -0.585. The molecular weight excluding hydrogens is 318 g/mol. The van der Waals surface area contributed by atoms with Crippen LogP contribution in [-0.2, 0) is 21.0 Å². The molecule has 0 aliphatic carbocycles. The Bertz CT molecular complexity index is 629. The average Bonchev–Trinajstić information content (AvgIpc) is 2.88. The lowest BCUT2D eigenvalue weighted by Gasteiger charge is -2.06. The molecule has 0 saturated heterocycles. The SMILES string of the molecule is O=C(O)CCC(=NOCc1cc2c(cc1Cl)OCO2)C(=O)O. The predicted octanol–water partition coefficient (Wildman–Crippen LogP) is 1.89. The Labute approximate surface area is 129 Å². The van der Waals surface area contributed by atoms with Crippen LogP contribution < -0.4 is 9.47 Å². The molecule has 9 heteroatoms. The molecule has 22 heavy (non-hydrogen) atoms. The summed E-state index contributed by atoms with van der Waals surface area (Å²) >= 11 is 6.03. The van der Waals surface area contributed by atoms with Gasteiger partial charge in [0, 0.05) is 18.1 Å². The van der Waals surface area contributed by atoms with Gasteiger partial charge in [-0.05, 0) is 6.07 Å². The number of nitrogens with zero attached hydrogens (tertiary/aromatic N) is 1. The third-order valence-electron chi connectivity index (χ3n) is 2.76. The Hall–Kier alpha value is -2.48. The van der Waals surface area contributed by atoms with Gasteiger partial charge in [-0.25, -0.2) is 4.79 Å². The number of hydrogen-bond acceptors (Lipinski definition) is 6. The fourth-order valence-electron chi connectivity index (χ4n) is 1.67. The zero-order valence-corrected chi connectivity index (χ0v) is 12.0. The van der Waals surface area contributed by atoms with Crippen LogP contribution in [0, 0.1) is 0 Å². The van der Waals surface area contributed by atoms with Crippen LogP contribution in [0.3, 0.4) is 0 Å². The van der Waals surface area contributed by atoms with Crippen molar-refractivity contribution in [3.05, 3.63) is 22.7 Å². The number of rotatable bonds is 7. The third-order valence-corrected chi connectivity index (χ3v) is 3.11. The van der Waals surface area contributed by atoms with Gasteiger partial charge in [0.1, 0.15) is 6.61 Å². The first kappa shape index (κ1) is 15.9. The van der Waals surface area contributed by atoms with Crippen LogP contribution in [0.25, 0.3) is 0 Å². The molecule has 0 amide bonds. The number of ether oxygens (including phenoxy) is 2. The van der Waals surface area contributed by atoms with Gasteiger partial charge in [-0.1, -0.05) is 16.8 Å². The monoisotopic (exact) mass is 329 g/mol. The Kier molecular flexibility index (Phi) is 5.05. The minimum atomic E-state index is -1.34. The Morgan fingerprint density at radius 1 is 1.23 bits per heavy atom. The van der Waals surface area contributed by atoms with Gasteiger partial charge < -0.3 is 24.5 Å². The van der Waals surface area contributed by atoms with E-state index in [-0.39, 0.29) is 32.0 Å². The molecule has 1 aromatic carbocycles. The Balaban J connectivity index is 2.00. The Morgan fingerprint density at radius 3 is 2.55 bits per heavy atom. The van der Waals surface area contributed by atoms with Crippen LogP contribution >= 0.6 is 11.6 Å². The lowest BCUT2D eigenvalue weighted by Crippen LogP contribution is -2.15. The lowest BCUT2D eigenvalue weighted by molar-refractivity contribution is -0.136. The maximum Gasteiger partial charge on any atom is 0.353 e. The maximum atomic E-state index is 10.9. The van der Waals surface area contributed by atoms with Crippen molar-refractivity contribution in [1.82, 2.24) is 0 Å². The minimum Gasteiger partial charge on any atom is -0.481 e. The van der Waals surface area contributed by atoms with Crippen LogP contribution in [0.1, 0.15) is 18.4 Å². The zero-order valence-electron chi connectivity index (χ0n) is 11.2. The van der Waals surface area contributed by atoms with E-state index in [1.807, 2.05) is 0 Å². The molecule has 0 unspecified atom stereocenters. The van der Waals surface area contributed by atoms with E-state index >= 15 is 0 Å². The summed E-state index contributed by atoms with van der Waals surface area (Å²) in [5.74, 6) is -1.42. The lowest BCUT2D eigenvalue weighted by atomic mass is 10.2. The van der Waals surface area contributed by atoms with E-state index in [9.17, 15) is 9.59 Å². The van der Waals surface area contributed by atoms with Gasteiger partial charge in [0.2, 0.25) is 6.79 Å². The summed E-state index contributed by atoms with van der Waals surface area (Å²) < 4.78 is 10.3. The number of hydrogen-bond donors (Lipinski definition) is 2. The number of fused-ring (bicyclic) bond motifs is 1. The number of aliphatic carboxylic acids is 2. The molecule has 1 heterocycles.